The molecule has 1 atom stereocenters. The third-order valence-electron chi connectivity index (χ3n) is 2.32. The van der Waals surface area contributed by atoms with Crippen molar-refractivity contribution in [2.24, 2.45) is 0 Å². The summed E-state index contributed by atoms with van der Waals surface area (Å²) in [7, 11) is 0. The smallest absolute Gasteiger partial charge is 0.326 e. The second kappa shape index (κ2) is 7.63. The van der Waals surface area contributed by atoms with Crippen LogP contribution in [0.1, 0.15) is 16.8 Å². The molecule has 0 saturated carbocycles. The first kappa shape index (κ1) is 15.3. The van der Waals surface area contributed by atoms with E-state index < -0.39 is 12.0 Å². The molecule has 1 aromatic carbocycles. The average Bonchev–Trinajstić information content (AvgIpc) is 2.34. The summed E-state index contributed by atoms with van der Waals surface area (Å²) in [5.74, 6) is -0.646. The average molecular weight is 379 g/mol. The first-order chi connectivity index (χ1) is 8.54. The maximum atomic E-state index is 11.9. The predicted molar refractivity (Wildman–Crippen MR) is 81.0 cm³/mol. The van der Waals surface area contributed by atoms with Crippen molar-refractivity contribution in [1.82, 2.24) is 5.32 Å². The molecule has 0 saturated heterocycles. The van der Waals surface area contributed by atoms with Gasteiger partial charge in [-0.05, 0) is 65.3 Å². The highest BCUT2D eigenvalue weighted by Gasteiger charge is 2.19. The zero-order valence-electron chi connectivity index (χ0n) is 9.85. The summed E-state index contributed by atoms with van der Waals surface area (Å²) in [5.41, 5.74) is 0.478. The Hall–Kier alpha value is -0.760. The summed E-state index contributed by atoms with van der Waals surface area (Å²) in [5, 5.41) is 11.5. The molecule has 0 aliphatic rings. The van der Waals surface area contributed by atoms with Gasteiger partial charge in [-0.15, -0.1) is 0 Å². The van der Waals surface area contributed by atoms with Gasteiger partial charge in [0.2, 0.25) is 0 Å². The number of amides is 1. The van der Waals surface area contributed by atoms with Crippen molar-refractivity contribution in [3.8, 4) is 0 Å². The molecule has 1 rings (SSSR count). The van der Waals surface area contributed by atoms with E-state index in [4.69, 9.17) is 5.11 Å². The van der Waals surface area contributed by atoms with Crippen LogP contribution in [0.25, 0.3) is 0 Å². The van der Waals surface area contributed by atoms with Crippen LogP contribution in [0.4, 0.5) is 0 Å². The van der Waals surface area contributed by atoms with E-state index in [1.807, 2.05) is 18.4 Å². The van der Waals surface area contributed by atoms with Gasteiger partial charge in [0, 0.05) is 9.13 Å². The Labute approximate surface area is 124 Å². The number of rotatable bonds is 6. The number of halogens is 1. The van der Waals surface area contributed by atoms with E-state index in [0.29, 0.717) is 17.7 Å². The van der Waals surface area contributed by atoms with Crippen molar-refractivity contribution in [1.29, 1.82) is 0 Å². The van der Waals surface area contributed by atoms with Crippen molar-refractivity contribution in [2.45, 2.75) is 12.5 Å². The van der Waals surface area contributed by atoms with Gasteiger partial charge in [0.25, 0.3) is 5.91 Å². The lowest BCUT2D eigenvalue weighted by Crippen LogP contribution is -2.41. The third-order valence-corrected chi connectivity index (χ3v) is 3.68. The van der Waals surface area contributed by atoms with Gasteiger partial charge in [-0.2, -0.15) is 11.8 Å². The van der Waals surface area contributed by atoms with Gasteiger partial charge in [0.1, 0.15) is 6.04 Å². The Morgan fingerprint density at radius 1 is 1.39 bits per heavy atom. The Kier molecular flexibility index (Phi) is 6.48. The highest BCUT2D eigenvalue weighted by molar-refractivity contribution is 14.1. The second-order valence-corrected chi connectivity index (χ2v) is 5.88. The molecular weight excluding hydrogens is 365 g/mol. The second-order valence-electron chi connectivity index (χ2n) is 3.65. The molecule has 0 heterocycles. The Bertz CT molecular complexity index is 422. The summed E-state index contributed by atoms with van der Waals surface area (Å²) in [4.78, 5) is 22.9. The van der Waals surface area contributed by atoms with Gasteiger partial charge >= 0.3 is 5.97 Å². The molecule has 0 bridgehead atoms. The predicted octanol–water partition coefficient (Wildman–Crippen LogP) is 2.23. The molecule has 0 aliphatic heterocycles. The number of carbonyl (C=O) groups is 2. The van der Waals surface area contributed by atoms with Crippen molar-refractivity contribution >= 4 is 46.2 Å². The standard InChI is InChI=1S/C12H14INO3S/c1-18-7-6-10(12(16)17)14-11(15)8-2-4-9(13)5-3-8/h2-5,10H,6-7H2,1H3,(H,14,15)(H,16,17)/t10-/m0/s1. The van der Waals surface area contributed by atoms with Gasteiger partial charge in [-0.1, -0.05) is 0 Å². The first-order valence-electron chi connectivity index (χ1n) is 5.32. The summed E-state index contributed by atoms with van der Waals surface area (Å²) >= 11 is 3.70. The number of carboxylic acids is 1. The lowest BCUT2D eigenvalue weighted by molar-refractivity contribution is -0.139. The van der Waals surface area contributed by atoms with Gasteiger partial charge < -0.3 is 10.4 Å². The van der Waals surface area contributed by atoms with E-state index >= 15 is 0 Å². The van der Waals surface area contributed by atoms with E-state index in [0.717, 1.165) is 3.57 Å². The zero-order chi connectivity index (χ0) is 13.5. The number of nitrogens with one attached hydrogen (secondary N) is 1. The number of carbonyl (C=O) groups excluding carboxylic acids is 1. The molecule has 0 unspecified atom stereocenters. The fourth-order valence-corrected chi connectivity index (χ4v) is 2.17. The van der Waals surface area contributed by atoms with Gasteiger partial charge in [0.15, 0.2) is 0 Å². The van der Waals surface area contributed by atoms with E-state index in [9.17, 15) is 9.59 Å². The van der Waals surface area contributed by atoms with Crippen molar-refractivity contribution < 1.29 is 14.7 Å². The molecule has 0 radical (unpaired) electrons. The molecule has 1 amide bonds. The molecular formula is C12H14INO3S. The Morgan fingerprint density at radius 3 is 2.50 bits per heavy atom. The van der Waals surface area contributed by atoms with E-state index in [-0.39, 0.29) is 5.91 Å². The molecule has 0 aromatic heterocycles. The molecule has 0 fully saturated rings. The van der Waals surface area contributed by atoms with Gasteiger partial charge in [-0.3, -0.25) is 4.79 Å². The highest BCUT2D eigenvalue weighted by atomic mass is 127. The lowest BCUT2D eigenvalue weighted by Gasteiger charge is -2.13. The molecule has 4 nitrogen and oxygen atoms in total. The van der Waals surface area contributed by atoms with Crippen LogP contribution in [0, 0.1) is 3.57 Å². The summed E-state index contributed by atoms with van der Waals surface area (Å²) in [6, 6.07) is 6.17. The fraction of sp³-hybridized carbons (Fsp3) is 0.333. The van der Waals surface area contributed by atoms with Gasteiger partial charge in [-0.25, -0.2) is 4.79 Å². The molecule has 2 N–H and O–H groups in total. The van der Waals surface area contributed by atoms with Crippen LogP contribution in [-0.2, 0) is 4.79 Å². The zero-order valence-corrected chi connectivity index (χ0v) is 12.8. The Morgan fingerprint density at radius 2 is 2.00 bits per heavy atom. The number of benzene rings is 1. The van der Waals surface area contributed by atoms with Crippen LogP contribution < -0.4 is 5.32 Å². The number of hydrogen-bond acceptors (Lipinski definition) is 3. The van der Waals surface area contributed by atoms with Crippen LogP contribution in [0.3, 0.4) is 0 Å². The van der Waals surface area contributed by atoms with Crippen molar-refractivity contribution in [3.63, 3.8) is 0 Å². The Balaban J connectivity index is 2.66. The highest BCUT2D eigenvalue weighted by Crippen LogP contribution is 2.08. The van der Waals surface area contributed by atoms with Crippen molar-refractivity contribution in [3.05, 3.63) is 33.4 Å². The topological polar surface area (TPSA) is 66.4 Å². The van der Waals surface area contributed by atoms with E-state index in [1.165, 1.54) is 0 Å². The minimum atomic E-state index is -0.997. The lowest BCUT2D eigenvalue weighted by atomic mass is 10.1. The molecule has 18 heavy (non-hydrogen) atoms. The van der Waals surface area contributed by atoms with Gasteiger partial charge in [0.05, 0.1) is 0 Å². The number of thioether (sulfide) groups is 1. The number of hydrogen-bond donors (Lipinski definition) is 2. The quantitative estimate of drug-likeness (QED) is 0.744. The van der Waals surface area contributed by atoms with Crippen LogP contribution in [0.15, 0.2) is 24.3 Å². The SMILES string of the molecule is CSCC[C@H](NC(=O)c1ccc(I)cc1)C(=O)O. The minimum absolute atomic E-state index is 0.347. The molecule has 1 aromatic rings. The molecule has 98 valence electrons. The monoisotopic (exact) mass is 379 g/mol. The normalized spacial score (nSPS) is 11.9. The van der Waals surface area contributed by atoms with Crippen LogP contribution in [-0.4, -0.2) is 35.0 Å². The summed E-state index contributed by atoms with van der Waals surface area (Å²) in [6.07, 6.45) is 2.33. The summed E-state index contributed by atoms with van der Waals surface area (Å²) < 4.78 is 1.03. The molecule has 0 aliphatic carbocycles. The summed E-state index contributed by atoms with van der Waals surface area (Å²) in [6.45, 7) is 0. The van der Waals surface area contributed by atoms with E-state index in [1.54, 1.807) is 23.9 Å². The fourth-order valence-electron chi connectivity index (χ4n) is 1.34. The third kappa shape index (κ3) is 4.85. The minimum Gasteiger partial charge on any atom is -0.480 e. The number of aliphatic carboxylic acids is 1. The van der Waals surface area contributed by atoms with E-state index in [2.05, 4.69) is 27.9 Å². The maximum absolute atomic E-state index is 11.9. The van der Waals surface area contributed by atoms with Crippen LogP contribution in [0.2, 0.25) is 0 Å². The van der Waals surface area contributed by atoms with Crippen LogP contribution >= 0.6 is 34.4 Å². The molecule has 6 heteroatoms. The first-order valence-corrected chi connectivity index (χ1v) is 7.80. The molecule has 0 spiro atoms. The largest absolute Gasteiger partial charge is 0.480 e. The number of carboxylic acid groups (broad SMARTS) is 1. The van der Waals surface area contributed by atoms with Crippen LogP contribution in [0.5, 0.6) is 0 Å². The van der Waals surface area contributed by atoms with Crippen molar-refractivity contribution in [2.75, 3.05) is 12.0 Å². The maximum Gasteiger partial charge on any atom is 0.326 e.